The molecular weight excluding hydrogens is 198 g/mol. The van der Waals surface area contributed by atoms with Crippen molar-refractivity contribution in [2.24, 2.45) is 5.92 Å². The fourth-order valence-electron chi connectivity index (χ4n) is 2.42. The minimum atomic E-state index is 0.0692. The predicted molar refractivity (Wildman–Crippen MR) is 65.3 cm³/mol. The molecule has 1 aliphatic rings. The van der Waals surface area contributed by atoms with Crippen molar-refractivity contribution in [1.29, 1.82) is 0 Å². The van der Waals surface area contributed by atoms with Gasteiger partial charge in [0.05, 0.1) is 0 Å². The number of hydrogen-bond acceptors (Lipinski definition) is 1. The average Bonchev–Trinajstić information content (AvgIpc) is 2.30. The SMILES string of the molecule is C[C@H]1CCC[C@@H](NC(=O)c2ccccc2)C1. The molecule has 16 heavy (non-hydrogen) atoms. The first kappa shape index (κ1) is 11.2. The van der Waals surface area contributed by atoms with Crippen LogP contribution in [0.25, 0.3) is 0 Å². The van der Waals surface area contributed by atoms with Crippen LogP contribution in [0.5, 0.6) is 0 Å². The first-order valence-electron chi connectivity index (χ1n) is 6.11. The van der Waals surface area contributed by atoms with Gasteiger partial charge >= 0.3 is 0 Å². The van der Waals surface area contributed by atoms with Crippen LogP contribution >= 0.6 is 0 Å². The van der Waals surface area contributed by atoms with Crippen molar-refractivity contribution in [3.05, 3.63) is 35.9 Å². The van der Waals surface area contributed by atoms with Gasteiger partial charge in [0.2, 0.25) is 0 Å². The summed E-state index contributed by atoms with van der Waals surface area (Å²) in [4.78, 5) is 11.9. The van der Waals surface area contributed by atoms with Gasteiger partial charge in [-0.05, 0) is 30.9 Å². The molecule has 1 aliphatic carbocycles. The van der Waals surface area contributed by atoms with Crippen molar-refractivity contribution < 1.29 is 4.79 Å². The average molecular weight is 217 g/mol. The fraction of sp³-hybridized carbons (Fsp3) is 0.500. The van der Waals surface area contributed by atoms with Crippen LogP contribution in [0.1, 0.15) is 43.0 Å². The summed E-state index contributed by atoms with van der Waals surface area (Å²) < 4.78 is 0. The molecule has 1 amide bonds. The number of hydrogen-bond donors (Lipinski definition) is 1. The minimum Gasteiger partial charge on any atom is -0.349 e. The molecule has 0 saturated heterocycles. The first-order valence-corrected chi connectivity index (χ1v) is 6.11. The van der Waals surface area contributed by atoms with E-state index in [-0.39, 0.29) is 5.91 Å². The van der Waals surface area contributed by atoms with Gasteiger partial charge in [0.15, 0.2) is 0 Å². The Morgan fingerprint density at radius 3 is 2.69 bits per heavy atom. The summed E-state index contributed by atoms with van der Waals surface area (Å²) in [7, 11) is 0. The van der Waals surface area contributed by atoms with Gasteiger partial charge in [-0.1, -0.05) is 38.0 Å². The van der Waals surface area contributed by atoms with E-state index in [0.717, 1.165) is 24.3 Å². The van der Waals surface area contributed by atoms with E-state index < -0.39 is 0 Å². The zero-order valence-electron chi connectivity index (χ0n) is 9.78. The van der Waals surface area contributed by atoms with Gasteiger partial charge < -0.3 is 5.32 Å². The van der Waals surface area contributed by atoms with Gasteiger partial charge in [-0.3, -0.25) is 4.79 Å². The summed E-state index contributed by atoms with van der Waals surface area (Å²) in [5, 5.41) is 3.13. The minimum absolute atomic E-state index is 0.0692. The summed E-state index contributed by atoms with van der Waals surface area (Å²) in [5.41, 5.74) is 0.765. The van der Waals surface area contributed by atoms with Crippen molar-refractivity contribution in [3.63, 3.8) is 0 Å². The van der Waals surface area contributed by atoms with Crippen molar-refractivity contribution in [2.75, 3.05) is 0 Å². The second-order valence-electron chi connectivity index (χ2n) is 4.81. The molecule has 0 unspecified atom stereocenters. The molecule has 0 aromatic heterocycles. The lowest BCUT2D eigenvalue weighted by Gasteiger charge is -2.27. The predicted octanol–water partition coefficient (Wildman–Crippen LogP) is 3.00. The number of nitrogens with one attached hydrogen (secondary N) is 1. The number of carbonyl (C=O) groups excluding carboxylic acids is 1. The fourth-order valence-corrected chi connectivity index (χ4v) is 2.42. The molecular formula is C14H19NO. The summed E-state index contributed by atoms with van der Waals surface area (Å²) in [6.07, 6.45) is 4.79. The van der Waals surface area contributed by atoms with Gasteiger partial charge in [0.1, 0.15) is 0 Å². The van der Waals surface area contributed by atoms with E-state index in [2.05, 4.69) is 12.2 Å². The Labute approximate surface area is 97.1 Å². The normalized spacial score (nSPS) is 25.1. The Morgan fingerprint density at radius 2 is 2.00 bits per heavy atom. The third-order valence-electron chi connectivity index (χ3n) is 3.31. The van der Waals surface area contributed by atoms with Crippen LogP contribution in [0.15, 0.2) is 30.3 Å². The highest BCUT2D eigenvalue weighted by atomic mass is 16.1. The van der Waals surface area contributed by atoms with Crippen molar-refractivity contribution in [3.8, 4) is 0 Å². The Kier molecular flexibility index (Phi) is 3.60. The number of amides is 1. The summed E-state index contributed by atoms with van der Waals surface area (Å²) in [6, 6.07) is 9.83. The summed E-state index contributed by atoms with van der Waals surface area (Å²) in [6.45, 7) is 2.26. The molecule has 0 radical (unpaired) electrons. The van der Waals surface area contributed by atoms with Gasteiger partial charge in [-0.2, -0.15) is 0 Å². The monoisotopic (exact) mass is 217 g/mol. The molecule has 0 aliphatic heterocycles. The van der Waals surface area contributed by atoms with Crippen LogP contribution in [-0.4, -0.2) is 11.9 Å². The lowest BCUT2D eigenvalue weighted by atomic mass is 9.87. The zero-order chi connectivity index (χ0) is 11.4. The van der Waals surface area contributed by atoms with E-state index in [4.69, 9.17) is 0 Å². The molecule has 2 atom stereocenters. The van der Waals surface area contributed by atoms with E-state index in [1.54, 1.807) is 0 Å². The second-order valence-corrected chi connectivity index (χ2v) is 4.81. The lowest BCUT2D eigenvalue weighted by molar-refractivity contribution is 0.0921. The quantitative estimate of drug-likeness (QED) is 0.810. The Morgan fingerprint density at radius 1 is 1.25 bits per heavy atom. The number of carbonyl (C=O) groups is 1. The molecule has 2 nitrogen and oxygen atoms in total. The first-order chi connectivity index (χ1) is 7.75. The molecule has 86 valence electrons. The van der Waals surface area contributed by atoms with E-state index >= 15 is 0 Å². The Balaban J connectivity index is 1.92. The molecule has 1 saturated carbocycles. The topological polar surface area (TPSA) is 29.1 Å². The largest absolute Gasteiger partial charge is 0.349 e. The highest BCUT2D eigenvalue weighted by Gasteiger charge is 2.20. The van der Waals surface area contributed by atoms with Crippen LogP contribution < -0.4 is 5.32 Å². The van der Waals surface area contributed by atoms with E-state index in [1.807, 2.05) is 30.3 Å². The highest BCUT2D eigenvalue weighted by Crippen LogP contribution is 2.23. The molecule has 1 aromatic rings. The molecule has 0 heterocycles. The van der Waals surface area contributed by atoms with Crippen molar-refractivity contribution in [2.45, 2.75) is 38.6 Å². The van der Waals surface area contributed by atoms with Crippen LogP contribution in [0.2, 0.25) is 0 Å². The number of benzene rings is 1. The smallest absolute Gasteiger partial charge is 0.251 e. The maximum atomic E-state index is 11.9. The zero-order valence-corrected chi connectivity index (χ0v) is 9.78. The Hall–Kier alpha value is -1.31. The van der Waals surface area contributed by atoms with Crippen LogP contribution in [-0.2, 0) is 0 Å². The lowest BCUT2D eigenvalue weighted by Crippen LogP contribution is -2.37. The van der Waals surface area contributed by atoms with E-state index in [1.165, 1.54) is 12.8 Å². The maximum Gasteiger partial charge on any atom is 0.251 e. The van der Waals surface area contributed by atoms with Crippen molar-refractivity contribution in [1.82, 2.24) is 5.32 Å². The molecule has 1 N–H and O–H groups in total. The second kappa shape index (κ2) is 5.15. The Bertz CT molecular complexity index is 347. The standard InChI is InChI=1S/C14H19NO/c1-11-6-5-9-13(10-11)15-14(16)12-7-3-2-4-8-12/h2-4,7-8,11,13H,5-6,9-10H2,1H3,(H,15,16)/t11-,13+/m0/s1. The third kappa shape index (κ3) is 2.84. The molecule has 0 bridgehead atoms. The van der Waals surface area contributed by atoms with Gasteiger partial charge in [-0.15, -0.1) is 0 Å². The van der Waals surface area contributed by atoms with Crippen molar-refractivity contribution >= 4 is 5.91 Å². The van der Waals surface area contributed by atoms with Gasteiger partial charge in [0.25, 0.3) is 5.91 Å². The summed E-state index contributed by atoms with van der Waals surface area (Å²) in [5.74, 6) is 0.814. The highest BCUT2D eigenvalue weighted by molar-refractivity contribution is 5.94. The van der Waals surface area contributed by atoms with Crippen LogP contribution in [0.3, 0.4) is 0 Å². The molecule has 1 fully saturated rings. The van der Waals surface area contributed by atoms with Gasteiger partial charge in [0, 0.05) is 11.6 Å². The van der Waals surface area contributed by atoms with Gasteiger partial charge in [-0.25, -0.2) is 0 Å². The maximum absolute atomic E-state index is 11.9. The van der Waals surface area contributed by atoms with E-state index in [9.17, 15) is 4.79 Å². The molecule has 1 aromatic carbocycles. The van der Waals surface area contributed by atoms with Crippen LogP contribution in [0, 0.1) is 5.92 Å². The van der Waals surface area contributed by atoms with E-state index in [0.29, 0.717) is 6.04 Å². The number of rotatable bonds is 2. The van der Waals surface area contributed by atoms with Crippen LogP contribution in [0.4, 0.5) is 0 Å². The third-order valence-corrected chi connectivity index (χ3v) is 3.31. The molecule has 0 spiro atoms. The summed E-state index contributed by atoms with van der Waals surface area (Å²) >= 11 is 0. The molecule has 2 heteroatoms. The molecule has 2 rings (SSSR count).